The van der Waals surface area contributed by atoms with E-state index in [1.807, 2.05) is 6.92 Å². The molecule has 0 bridgehead atoms. The summed E-state index contributed by atoms with van der Waals surface area (Å²) in [4.78, 5) is 47.6. The molecule has 0 unspecified atom stereocenters. The number of hydrogen-bond donors (Lipinski definition) is 0. The number of esters is 3. The molecule has 0 saturated carbocycles. The van der Waals surface area contributed by atoms with Crippen molar-refractivity contribution in [2.75, 3.05) is 19.2 Å². The van der Waals surface area contributed by atoms with Gasteiger partial charge in [-0.15, -0.1) is 11.6 Å². The van der Waals surface area contributed by atoms with Crippen molar-refractivity contribution >= 4 is 35.6 Å². The van der Waals surface area contributed by atoms with Crippen LogP contribution in [0.15, 0.2) is 0 Å². The molecule has 0 aliphatic carbocycles. The lowest BCUT2D eigenvalue weighted by atomic mass is 10.0. The van der Waals surface area contributed by atoms with Crippen LogP contribution in [0, 0.1) is 0 Å². The fraction of sp³-hybridized carbons (Fsp3) is 0.765. The highest BCUT2D eigenvalue weighted by Crippen LogP contribution is 2.27. The fourth-order valence-electron chi connectivity index (χ4n) is 2.63. The maximum atomic E-state index is 12.3. The molecule has 1 saturated heterocycles. The zero-order chi connectivity index (χ0) is 21.3. The topological polar surface area (TPSA) is 118 Å². The first-order valence-corrected chi connectivity index (χ1v) is 9.36. The van der Waals surface area contributed by atoms with Gasteiger partial charge in [-0.05, 0) is 6.42 Å². The Morgan fingerprint density at radius 3 is 2.18 bits per heavy atom. The number of hydrogen-bond acceptors (Lipinski definition) is 9. The first kappa shape index (κ1) is 24.0. The van der Waals surface area contributed by atoms with Gasteiger partial charge in [0.25, 0.3) is 0 Å². The predicted octanol–water partition coefficient (Wildman–Crippen LogP) is 1.57. The Morgan fingerprint density at radius 2 is 1.68 bits per heavy atom. The smallest absolute Gasteiger partial charge is 0.413 e. The van der Waals surface area contributed by atoms with E-state index in [2.05, 4.69) is 0 Å². The Labute approximate surface area is 168 Å². The Kier molecular flexibility index (Phi) is 10.0. The molecule has 0 aromatic heterocycles. The molecule has 160 valence electrons. The second kappa shape index (κ2) is 11.7. The third kappa shape index (κ3) is 7.89. The van der Waals surface area contributed by atoms with Crippen molar-refractivity contribution in [3.8, 4) is 0 Å². The number of rotatable bonds is 8. The zero-order valence-electron chi connectivity index (χ0n) is 16.3. The standard InChI is InChI=1S/C17H26ClNO9/c1-5-6-19(9-18)17(23)28-15-7-13(25-11(3)21)16(26-12(4)22)14(27-15)8-24-10(2)20/h13-16H,5-9H2,1-4H3/t13-,14-,15+,16-/m1/s1. The van der Waals surface area contributed by atoms with Gasteiger partial charge < -0.3 is 23.7 Å². The lowest BCUT2D eigenvalue weighted by molar-refractivity contribution is -0.253. The molecule has 0 aromatic carbocycles. The van der Waals surface area contributed by atoms with Gasteiger partial charge in [0.1, 0.15) is 18.8 Å². The second-order valence-corrected chi connectivity index (χ2v) is 6.37. The molecule has 1 aliphatic rings. The highest BCUT2D eigenvalue weighted by Gasteiger charge is 2.45. The van der Waals surface area contributed by atoms with E-state index in [9.17, 15) is 19.2 Å². The summed E-state index contributed by atoms with van der Waals surface area (Å²) in [6.45, 7) is 5.55. The molecule has 0 aromatic rings. The van der Waals surface area contributed by atoms with Gasteiger partial charge in [-0.1, -0.05) is 6.92 Å². The first-order valence-electron chi connectivity index (χ1n) is 8.82. The molecule has 28 heavy (non-hydrogen) atoms. The lowest BCUT2D eigenvalue weighted by Gasteiger charge is -2.39. The Bertz CT molecular complexity index is 571. The minimum atomic E-state index is -1.12. The van der Waals surface area contributed by atoms with Crippen LogP contribution in [0.25, 0.3) is 0 Å². The average molecular weight is 424 g/mol. The van der Waals surface area contributed by atoms with Gasteiger partial charge in [0.2, 0.25) is 6.29 Å². The van der Waals surface area contributed by atoms with Gasteiger partial charge in [0, 0.05) is 27.3 Å². The molecule has 1 rings (SSSR count). The van der Waals surface area contributed by atoms with Crippen molar-refractivity contribution in [3.63, 3.8) is 0 Å². The first-order chi connectivity index (χ1) is 13.2. The summed E-state index contributed by atoms with van der Waals surface area (Å²) in [7, 11) is 0. The van der Waals surface area contributed by atoms with Crippen LogP contribution in [0.2, 0.25) is 0 Å². The van der Waals surface area contributed by atoms with E-state index in [1.165, 1.54) is 25.7 Å². The molecular formula is C17H26ClNO9. The summed E-state index contributed by atoms with van der Waals surface area (Å²) in [5.74, 6) is -1.83. The Morgan fingerprint density at radius 1 is 1.04 bits per heavy atom. The van der Waals surface area contributed by atoms with Crippen molar-refractivity contribution < 1.29 is 42.9 Å². The van der Waals surface area contributed by atoms with Crippen molar-refractivity contribution in [1.29, 1.82) is 0 Å². The van der Waals surface area contributed by atoms with E-state index >= 15 is 0 Å². The Balaban J connectivity index is 2.97. The van der Waals surface area contributed by atoms with Gasteiger partial charge in [-0.3, -0.25) is 19.3 Å². The lowest BCUT2D eigenvalue weighted by Crippen LogP contribution is -2.55. The van der Waals surface area contributed by atoms with E-state index in [0.29, 0.717) is 13.0 Å². The number of alkyl halides is 1. The van der Waals surface area contributed by atoms with Crippen LogP contribution in [0.1, 0.15) is 40.5 Å². The summed E-state index contributed by atoms with van der Waals surface area (Å²) in [5.41, 5.74) is 0. The summed E-state index contributed by atoms with van der Waals surface area (Å²) in [6.07, 6.45) is -4.21. The molecular weight excluding hydrogens is 398 g/mol. The summed E-state index contributed by atoms with van der Waals surface area (Å²) >= 11 is 5.75. The van der Waals surface area contributed by atoms with Crippen molar-refractivity contribution in [3.05, 3.63) is 0 Å². The summed E-state index contributed by atoms with van der Waals surface area (Å²) in [5, 5.41) is 0. The number of carbonyl (C=O) groups is 4. The van der Waals surface area contributed by atoms with E-state index in [-0.39, 0.29) is 19.0 Å². The van der Waals surface area contributed by atoms with Crippen LogP contribution in [0.4, 0.5) is 4.79 Å². The van der Waals surface area contributed by atoms with Gasteiger partial charge in [-0.2, -0.15) is 0 Å². The number of carbonyl (C=O) groups excluding carboxylic acids is 4. The predicted molar refractivity (Wildman–Crippen MR) is 95.2 cm³/mol. The van der Waals surface area contributed by atoms with Crippen LogP contribution in [-0.4, -0.2) is 72.7 Å². The Hall–Kier alpha value is -2.07. The normalized spacial score (nSPS) is 24.0. The molecule has 0 N–H and O–H groups in total. The maximum Gasteiger partial charge on any atom is 0.413 e. The molecule has 11 heteroatoms. The SMILES string of the molecule is CCCN(CCl)C(=O)O[C@H]1C[C@@H](OC(C)=O)[C@@H](OC(C)=O)[C@@H](COC(C)=O)O1. The molecule has 1 heterocycles. The van der Waals surface area contributed by atoms with E-state index in [0.717, 1.165) is 0 Å². The van der Waals surface area contributed by atoms with Crippen molar-refractivity contribution in [1.82, 2.24) is 4.90 Å². The monoisotopic (exact) mass is 423 g/mol. The quantitative estimate of drug-likeness (QED) is 0.248. The number of halogens is 1. The third-order valence-corrected chi connectivity index (χ3v) is 3.97. The average Bonchev–Trinajstić information content (AvgIpc) is 2.59. The number of ether oxygens (including phenoxy) is 5. The molecule has 4 atom stereocenters. The van der Waals surface area contributed by atoms with Crippen LogP contribution in [0.5, 0.6) is 0 Å². The highest BCUT2D eigenvalue weighted by molar-refractivity contribution is 6.18. The molecule has 1 amide bonds. The minimum absolute atomic E-state index is 0.0674. The highest BCUT2D eigenvalue weighted by atomic mass is 35.5. The third-order valence-electron chi connectivity index (χ3n) is 3.68. The molecule has 1 aliphatic heterocycles. The van der Waals surface area contributed by atoms with Crippen molar-refractivity contribution in [2.45, 2.75) is 65.1 Å². The minimum Gasteiger partial charge on any atom is -0.463 e. The van der Waals surface area contributed by atoms with Crippen LogP contribution >= 0.6 is 11.6 Å². The molecule has 0 radical (unpaired) electrons. The van der Waals surface area contributed by atoms with Crippen LogP contribution in [0.3, 0.4) is 0 Å². The van der Waals surface area contributed by atoms with Crippen LogP contribution in [-0.2, 0) is 38.1 Å². The molecule has 10 nitrogen and oxygen atoms in total. The zero-order valence-corrected chi connectivity index (χ0v) is 17.1. The largest absolute Gasteiger partial charge is 0.463 e. The number of nitrogens with zero attached hydrogens (tertiary/aromatic N) is 1. The van der Waals surface area contributed by atoms with E-state index < -0.39 is 48.6 Å². The second-order valence-electron chi connectivity index (χ2n) is 6.13. The summed E-state index contributed by atoms with van der Waals surface area (Å²) in [6, 6.07) is -0.0697. The van der Waals surface area contributed by atoms with Gasteiger partial charge >= 0.3 is 24.0 Å². The van der Waals surface area contributed by atoms with Gasteiger partial charge in [0.05, 0.1) is 12.4 Å². The maximum absolute atomic E-state index is 12.3. The van der Waals surface area contributed by atoms with Crippen molar-refractivity contribution in [2.24, 2.45) is 0 Å². The number of amides is 1. The summed E-state index contributed by atoms with van der Waals surface area (Å²) < 4.78 is 26.3. The molecule has 1 fully saturated rings. The van der Waals surface area contributed by atoms with E-state index in [1.54, 1.807) is 0 Å². The van der Waals surface area contributed by atoms with Gasteiger partial charge in [-0.25, -0.2) is 4.79 Å². The van der Waals surface area contributed by atoms with Gasteiger partial charge in [0.15, 0.2) is 6.10 Å². The molecule has 0 spiro atoms. The van der Waals surface area contributed by atoms with Crippen LogP contribution < -0.4 is 0 Å². The fourth-order valence-corrected chi connectivity index (χ4v) is 2.85. The van der Waals surface area contributed by atoms with E-state index in [4.69, 9.17) is 35.3 Å².